The molecule has 0 bridgehead atoms. The van der Waals surface area contributed by atoms with Crippen LogP contribution in [-0.2, 0) is 7.05 Å². The molecule has 0 atom stereocenters. The van der Waals surface area contributed by atoms with Crippen molar-refractivity contribution in [1.82, 2.24) is 9.55 Å². The molecule has 0 unspecified atom stereocenters. The summed E-state index contributed by atoms with van der Waals surface area (Å²) in [6.45, 7) is 0. The molecule has 0 aliphatic heterocycles. The van der Waals surface area contributed by atoms with E-state index in [1.807, 2.05) is 0 Å². The van der Waals surface area contributed by atoms with Crippen LogP contribution in [0.3, 0.4) is 0 Å². The van der Waals surface area contributed by atoms with Gasteiger partial charge in [0, 0.05) is 7.05 Å². The lowest BCUT2D eigenvalue weighted by molar-refractivity contribution is 0.788. The van der Waals surface area contributed by atoms with Gasteiger partial charge in [-0.15, -0.1) is 11.8 Å². The van der Waals surface area contributed by atoms with E-state index in [9.17, 15) is 9.59 Å². The third kappa shape index (κ3) is 1.25. The van der Waals surface area contributed by atoms with Crippen molar-refractivity contribution in [3.63, 3.8) is 0 Å². The number of aromatic amines is 1. The van der Waals surface area contributed by atoms with Gasteiger partial charge in [-0.05, 0) is 6.26 Å². The zero-order valence-electron chi connectivity index (χ0n) is 6.75. The zero-order valence-corrected chi connectivity index (χ0v) is 7.57. The fourth-order valence-electron chi connectivity index (χ4n) is 0.813. The summed E-state index contributed by atoms with van der Waals surface area (Å²) in [5, 5.41) is 0. The maximum Gasteiger partial charge on any atom is 0.329 e. The normalized spacial score (nSPS) is 10.2. The van der Waals surface area contributed by atoms with Crippen LogP contribution in [0.4, 0.5) is 5.82 Å². The van der Waals surface area contributed by atoms with Crippen molar-refractivity contribution in [3.8, 4) is 0 Å². The first kappa shape index (κ1) is 8.92. The molecular weight excluding hydrogens is 178 g/mol. The lowest BCUT2D eigenvalue weighted by atomic mass is 10.5. The smallest absolute Gasteiger partial charge is 0.329 e. The first-order valence-electron chi connectivity index (χ1n) is 3.20. The maximum atomic E-state index is 11.1. The minimum Gasteiger partial charge on any atom is -0.384 e. The summed E-state index contributed by atoms with van der Waals surface area (Å²) in [7, 11) is 1.51. The second-order valence-corrected chi connectivity index (χ2v) is 3.05. The molecule has 12 heavy (non-hydrogen) atoms. The Morgan fingerprint density at radius 2 is 2.08 bits per heavy atom. The highest BCUT2D eigenvalue weighted by Gasteiger charge is 2.07. The van der Waals surface area contributed by atoms with Crippen molar-refractivity contribution in [2.45, 2.75) is 4.90 Å². The average molecular weight is 187 g/mol. The van der Waals surface area contributed by atoms with Crippen molar-refractivity contribution in [1.29, 1.82) is 0 Å². The Hall–Kier alpha value is -1.17. The highest BCUT2D eigenvalue weighted by Crippen LogP contribution is 2.14. The third-order valence-corrected chi connectivity index (χ3v) is 2.33. The molecule has 0 aliphatic rings. The molecule has 0 radical (unpaired) electrons. The van der Waals surface area contributed by atoms with Gasteiger partial charge in [0.25, 0.3) is 5.56 Å². The highest BCUT2D eigenvalue weighted by molar-refractivity contribution is 7.98. The highest BCUT2D eigenvalue weighted by atomic mass is 32.2. The van der Waals surface area contributed by atoms with Crippen molar-refractivity contribution in [3.05, 3.63) is 20.8 Å². The van der Waals surface area contributed by atoms with Gasteiger partial charge in [0.15, 0.2) is 0 Å². The molecule has 0 fully saturated rings. The quantitative estimate of drug-likeness (QED) is 0.574. The molecule has 0 aromatic carbocycles. The Labute approximate surface area is 72.6 Å². The molecule has 0 saturated carbocycles. The second kappa shape index (κ2) is 3.06. The Morgan fingerprint density at radius 3 is 2.58 bits per heavy atom. The topological polar surface area (TPSA) is 80.9 Å². The van der Waals surface area contributed by atoms with Crippen LogP contribution >= 0.6 is 11.8 Å². The first-order chi connectivity index (χ1) is 5.57. The van der Waals surface area contributed by atoms with E-state index in [4.69, 9.17) is 5.73 Å². The van der Waals surface area contributed by atoms with E-state index in [0.717, 1.165) is 0 Å². The first-order valence-corrected chi connectivity index (χ1v) is 4.43. The van der Waals surface area contributed by atoms with E-state index in [2.05, 4.69) is 4.98 Å². The van der Waals surface area contributed by atoms with Crippen molar-refractivity contribution in [2.75, 3.05) is 12.0 Å². The monoisotopic (exact) mass is 187 g/mol. The predicted octanol–water partition coefficient (Wildman–Crippen LogP) is -0.622. The summed E-state index contributed by atoms with van der Waals surface area (Å²) in [4.78, 5) is 24.5. The van der Waals surface area contributed by atoms with E-state index in [0.29, 0.717) is 4.90 Å². The lowest BCUT2D eigenvalue weighted by Crippen LogP contribution is -2.31. The number of hydrogen-bond donors (Lipinski definition) is 2. The Balaban J connectivity index is 3.63. The minimum atomic E-state index is -0.490. The number of nitrogens with two attached hydrogens (primary N) is 1. The molecule has 0 saturated heterocycles. The zero-order chi connectivity index (χ0) is 9.30. The van der Waals surface area contributed by atoms with Gasteiger partial charge >= 0.3 is 5.69 Å². The number of thioether (sulfide) groups is 1. The number of rotatable bonds is 1. The molecule has 0 amide bonds. The summed E-state index contributed by atoms with van der Waals surface area (Å²) in [5.74, 6) is 0.205. The molecule has 3 N–H and O–H groups in total. The Kier molecular flexibility index (Phi) is 2.27. The molecule has 0 aliphatic carbocycles. The Bertz CT molecular complexity index is 406. The van der Waals surface area contributed by atoms with Gasteiger partial charge in [0.05, 0.1) is 0 Å². The van der Waals surface area contributed by atoms with E-state index in [1.165, 1.54) is 23.4 Å². The lowest BCUT2D eigenvalue weighted by Gasteiger charge is -2.04. The summed E-state index contributed by atoms with van der Waals surface area (Å²) in [6, 6.07) is 0. The number of nitrogens with zero attached hydrogens (tertiary/aromatic N) is 1. The van der Waals surface area contributed by atoms with Crippen LogP contribution in [0.5, 0.6) is 0 Å². The molecule has 1 heterocycles. The van der Waals surface area contributed by atoms with Crippen LogP contribution in [0.1, 0.15) is 0 Å². The van der Waals surface area contributed by atoms with E-state index < -0.39 is 11.2 Å². The van der Waals surface area contributed by atoms with Gasteiger partial charge in [-0.2, -0.15) is 0 Å². The standard InChI is InChI=1S/C6H9N3O2S/c1-9-4(7)3(12-2)5(10)8-6(9)11/h7H2,1-2H3,(H,8,10,11). The van der Waals surface area contributed by atoms with Crippen LogP contribution in [0.2, 0.25) is 0 Å². The number of nitrogens with one attached hydrogen (secondary N) is 1. The van der Waals surface area contributed by atoms with Crippen LogP contribution < -0.4 is 17.0 Å². The van der Waals surface area contributed by atoms with Crippen molar-refractivity contribution >= 4 is 17.6 Å². The maximum absolute atomic E-state index is 11.1. The summed E-state index contributed by atoms with van der Waals surface area (Å²) in [5.41, 5.74) is 4.60. The van der Waals surface area contributed by atoms with E-state index in [-0.39, 0.29) is 5.82 Å². The molecule has 6 heteroatoms. The van der Waals surface area contributed by atoms with Crippen LogP contribution in [0.25, 0.3) is 0 Å². The molecule has 1 aromatic rings. The number of H-pyrrole nitrogens is 1. The van der Waals surface area contributed by atoms with E-state index in [1.54, 1.807) is 6.26 Å². The van der Waals surface area contributed by atoms with Crippen molar-refractivity contribution < 1.29 is 0 Å². The summed E-state index contributed by atoms with van der Waals surface area (Å²) >= 11 is 1.22. The molecule has 66 valence electrons. The molecule has 1 rings (SSSR count). The molecular formula is C6H9N3O2S. The third-order valence-electron chi connectivity index (χ3n) is 1.53. The number of anilines is 1. The number of hydrogen-bond acceptors (Lipinski definition) is 4. The van der Waals surface area contributed by atoms with Crippen LogP contribution in [0.15, 0.2) is 14.5 Å². The van der Waals surface area contributed by atoms with Gasteiger partial charge in [-0.25, -0.2) is 4.79 Å². The fourth-order valence-corrected chi connectivity index (χ4v) is 1.40. The van der Waals surface area contributed by atoms with Crippen LogP contribution in [0, 0.1) is 0 Å². The average Bonchev–Trinajstić information content (AvgIpc) is 2.01. The largest absolute Gasteiger partial charge is 0.384 e. The molecule has 1 aromatic heterocycles. The SMILES string of the molecule is CSc1c(N)n(C)c(=O)[nH]c1=O. The van der Waals surface area contributed by atoms with Crippen LogP contribution in [-0.4, -0.2) is 15.8 Å². The minimum absolute atomic E-state index is 0.205. The predicted molar refractivity (Wildman–Crippen MR) is 48.5 cm³/mol. The van der Waals surface area contributed by atoms with Gasteiger partial charge < -0.3 is 5.73 Å². The molecule has 0 spiro atoms. The summed E-state index contributed by atoms with van der Waals surface area (Å²) < 4.78 is 1.20. The number of aromatic nitrogens is 2. The van der Waals surface area contributed by atoms with Crippen molar-refractivity contribution in [2.24, 2.45) is 7.05 Å². The van der Waals surface area contributed by atoms with E-state index >= 15 is 0 Å². The second-order valence-electron chi connectivity index (χ2n) is 2.24. The molecule has 5 nitrogen and oxygen atoms in total. The summed E-state index contributed by atoms with van der Waals surface area (Å²) in [6.07, 6.45) is 1.73. The van der Waals surface area contributed by atoms with Gasteiger partial charge in [-0.3, -0.25) is 14.3 Å². The fraction of sp³-hybridized carbons (Fsp3) is 0.333. The van der Waals surface area contributed by atoms with Gasteiger partial charge in [0.1, 0.15) is 10.7 Å². The van der Waals surface area contributed by atoms with Gasteiger partial charge in [0.2, 0.25) is 0 Å². The Morgan fingerprint density at radius 1 is 1.50 bits per heavy atom. The number of nitrogen functional groups attached to an aromatic ring is 1. The van der Waals surface area contributed by atoms with Gasteiger partial charge in [-0.1, -0.05) is 0 Å².